The topological polar surface area (TPSA) is 9.23 Å². The summed E-state index contributed by atoms with van der Waals surface area (Å²) < 4.78 is 6.15. The van der Waals surface area contributed by atoms with Crippen molar-refractivity contribution in [1.29, 1.82) is 0 Å². The standard InChI is InChI=1S/C17H20OS/c1-2-3-12-19-17-11-9-15-14-7-5-4-6-13(14)8-10-16(15)18-17/h4-8,10,17H,2-3,9,11-12H2,1H3. The van der Waals surface area contributed by atoms with E-state index in [1.54, 1.807) is 0 Å². The van der Waals surface area contributed by atoms with Crippen molar-refractivity contribution in [2.45, 2.75) is 38.0 Å². The van der Waals surface area contributed by atoms with Gasteiger partial charge in [0, 0.05) is 5.56 Å². The second-order valence-corrected chi connectivity index (χ2v) is 6.34. The summed E-state index contributed by atoms with van der Waals surface area (Å²) in [7, 11) is 0. The predicted molar refractivity (Wildman–Crippen MR) is 84.1 cm³/mol. The van der Waals surface area contributed by atoms with Crippen LogP contribution in [-0.4, -0.2) is 11.2 Å². The summed E-state index contributed by atoms with van der Waals surface area (Å²) >= 11 is 1.97. The first kappa shape index (κ1) is 12.9. The van der Waals surface area contributed by atoms with Crippen LogP contribution in [0, 0.1) is 0 Å². The third kappa shape index (κ3) is 2.74. The number of hydrogen-bond donors (Lipinski definition) is 0. The van der Waals surface area contributed by atoms with E-state index < -0.39 is 0 Å². The first-order valence-electron chi connectivity index (χ1n) is 7.17. The molecule has 1 atom stereocenters. The summed E-state index contributed by atoms with van der Waals surface area (Å²) in [6.45, 7) is 2.24. The maximum absolute atomic E-state index is 6.15. The molecule has 0 aromatic heterocycles. The Bertz CT molecular complexity index is 564. The van der Waals surface area contributed by atoms with E-state index in [1.165, 1.54) is 34.9 Å². The molecule has 0 fully saturated rings. The molecule has 0 aliphatic carbocycles. The molecule has 0 radical (unpaired) electrons. The molecule has 0 amide bonds. The molecule has 2 aromatic rings. The molecule has 0 bridgehead atoms. The Morgan fingerprint density at radius 1 is 1.21 bits per heavy atom. The van der Waals surface area contributed by atoms with Crippen molar-refractivity contribution in [2.75, 3.05) is 5.75 Å². The van der Waals surface area contributed by atoms with Gasteiger partial charge in [0.2, 0.25) is 0 Å². The zero-order valence-electron chi connectivity index (χ0n) is 11.4. The van der Waals surface area contributed by atoms with Crippen LogP contribution in [-0.2, 0) is 6.42 Å². The van der Waals surface area contributed by atoms with Gasteiger partial charge in [-0.2, -0.15) is 0 Å². The summed E-state index contributed by atoms with van der Waals surface area (Å²) in [6, 6.07) is 12.9. The highest BCUT2D eigenvalue weighted by Crippen LogP contribution is 2.36. The van der Waals surface area contributed by atoms with Gasteiger partial charge in [0.05, 0.1) is 0 Å². The maximum atomic E-state index is 6.15. The smallest absolute Gasteiger partial charge is 0.144 e. The van der Waals surface area contributed by atoms with Gasteiger partial charge in [-0.25, -0.2) is 0 Å². The molecule has 19 heavy (non-hydrogen) atoms. The molecule has 1 nitrogen and oxygen atoms in total. The fraction of sp³-hybridized carbons (Fsp3) is 0.412. The Morgan fingerprint density at radius 2 is 2.11 bits per heavy atom. The number of hydrogen-bond acceptors (Lipinski definition) is 2. The lowest BCUT2D eigenvalue weighted by Crippen LogP contribution is -2.19. The molecule has 3 rings (SSSR count). The second kappa shape index (κ2) is 5.87. The van der Waals surface area contributed by atoms with Crippen molar-refractivity contribution in [1.82, 2.24) is 0 Å². The number of thioether (sulfide) groups is 1. The monoisotopic (exact) mass is 272 g/mol. The van der Waals surface area contributed by atoms with Crippen molar-refractivity contribution < 1.29 is 4.74 Å². The summed E-state index contributed by atoms with van der Waals surface area (Å²) in [5.41, 5.74) is 1.74. The van der Waals surface area contributed by atoms with Crippen LogP contribution < -0.4 is 4.74 Å². The SMILES string of the molecule is CCCCSC1CCc2c(ccc3ccccc23)O1. The molecule has 100 valence electrons. The van der Waals surface area contributed by atoms with E-state index in [0.717, 1.165) is 18.6 Å². The van der Waals surface area contributed by atoms with Gasteiger partial charge in [-0.05, 0) is 41.9 Å². The molecule has 1 aliphatic heterocycles. The highest BCUT2D eigenvalue weighted by atomic mass is 32.2. The molecule has 2 heteroatoms. The van der Waals surface area contributed by atoms with Gasteiger partial charge in [0.1, 0.15) is 11.2 Å². The Kier molecular flexibility index (Phi) is 3.97. The molecule has 0 saturated heterocycles. The van der Waals surface area contributed by atoms with Crippen LogP contribution >= 0.6 is 11.8 Å². The molecule has 1 aliphatic rings. The Labute approximate surface area is 119 Å². The summed E-state index contributed by atoms with van der Waals surface area (Å²) in [5.74, 6) is 2.31. The van der Waals surface area contributed by atoms with Crippen LogP contribution in [0.4, 0.5) is 0 Å². The normalized spacial score (nSPS) is 18.1. The van der Waals surface area contributed by atoms with Gasteiger partial charge >= 0.3 is 0 Å². The minimum Gasteiger partial charge on any atom is -0.479 e. The van der Waals surface area contributed by atoms with Crippen LogP contribution in [0.15, 0.2) is 36.4 Å². The van der Waals surface area contributed by atoms with Gasteiger partial charge in [-0.3, -0.25) is 0 Å². The van der Waals surface area contributed by atoms with Gasteiger partial charge < -0.3 is 4.74 Å². The van der Waals surface area contributed by atoms with E-state index >= 15 is 0 Å². The van der Waals surface area contributed by atoms with E-state index in [-0.39, 0.29) is 0 Å². The quantitative estimate of drug-likeness (QED) is 0.722. The Morgan fingerprint density at radius 3 is 3.00 bits per heavy atom. The van der Waals surface area contributed by atoms with Crippen molar-refractivity contribution in [2.24, 2.45) is 0 Å². The fourth-order valence-electron chi connectivity index (χ4n) is 2.62. The molecule has 0 spiro atoms. The average Bonchev–Trinajstić information content (AvgIpc) is 2.47. The van der Waals surface area contributed by atoms with E-state index in [9.17, 15) is 0 Å². The first-order valence-corrected chi connectivity index (χ1v) is 8.22. The molecule has 0 saturated carbocycles. The minimum absolute atomic E-state index is 0.347. The van der Waals surface area contributed by atoms with Crippen LogP contribution in [0.5, 0.6) is 5.75 Å². The highest BCUT2D eigenvalue weighted by Gasteiger charge is 2.21. The van der Waals surface area contributed by atoms with E-state index in [1.807, 2.05) is 11.8 Å². The summed E-state index contributed by atoms with van der Waals surface area (Å²) in [6.07, 6.45) is 4.83. The number of aryl methyl sites for hydroxylation is 1. The van der Waals surface area contributed by atoms with Crippen molar-refractivity contribution in [3.8, 4) is 5.75 Å². The summed E-state index contributed by atoms with van der Waals surface area (Å²) in [5, 5.41) is 2.68. The van der Waals surface area contributed by atoms with E-state index in [4.69, 9.17) is 4.74 Å². The Hall–Kier alpha value is -1.15. The number of rotatable bonds is 4. The maximum Gasteiger partial charge on any atom is 0.144 e. The van der Waals surface area contributed by atoms with Gasteiger partial charge in [0.25, 0.3) is 0 Å². The number of ether oxygens (including phenoxy) is 1. The molecule has 2 aromatic carbocycles. The average molecular weight is 272 g/mol. The van der Waals surface area contributed by atoms with E-state index in [2.05, 4.69) is 43.3 Å². The number of unbranched alkanes of at least 4 members (excludes halogenated alkanes) is 1. The van der Waals surface area contributed by atoms with Gasteiger partial charge in [-0.15, -0.1) is 11.8 Å². The van der Waals surface area contributed by atoms with E-state index in [0.29, 0.717) is 5.44 Å². The van der Waals surface area contributed by atoms with Crippen LogP contribution in [0.25, 0.3) is 10.8 Å². The zero-order chi connectivity index (χ0) is 13.1. The highest BCUT2D eigenvalue weighted by molar-refractivity contribution is 7.99. The molecule has 1 unspecified atom stereocenters. The van der Waals surface area contributed by atoms with Crippen LogP contribution in [0.2, 0.25) is 0 Å². The zero-order valence-corrected chi connectivity index (χ0v) is 12.2. The van der Waals surface area contributed by atoms with Crippen molar-refractivity contribution in [3.63, 3.8) is 0 Å². The first-order chi connectivity index (χ1) is 9.38. The molecular formula is C17H20OS. The van der Waals surface area contributed by atoms with Gasteiger partial charge in [0.15, 0.2) is 0 Å². The van der Waals surface area contributed by atoms with Crippen molar-refractivity contribution in [3.05, 3.63) is 42.0 Å². The van der Waals surface area contributed by atoms with Gasteiger partial charge in [-0.1, -0.05) is 43.7 Å². The minimum atomic E-state index is 0.347. The second-order valence-electron chi connectivity index (χ2n) is 5.07. The predicted octanol–water partition coefficient (Wildman–Crippen LogP) is 5.02. The number of benzene rings is 2. The molecule has 0 N–H and O–H groups in total. The van der Waals surface area contributed by atoms with Crippen LogP contribution in [0.1, 0.15) is 31.7 Å². The van der Waals surface area contributed by atoms with Crippen molar-refractivity contribution >= 4 is 22.5 Å². The molecule has 1 heterocycles. The third-order valence-corrected chi connectivity index (χ3v) is 4.92. The number of fused-ring (bicyclic) bond motifs is 3. The summed E-state index contributed by atoms with van der Waals surface area (Å²) in [4.78, 5) is 0. The largest absolute Gasteiger partial charge is 0.479 e. The third-order valence-electron chi connectivity index (χ3n) is 3.69. The Balaban J connectivity index is 1.80. The lowest BCUT2D eigenvalue weighted by molar-refractivity contribution is 0.257. The van der Waals surface area contributed by atoms with Crippen LogP contribution in [0.3, 0.4) is 0 Å². The molecular weight excluding hydrogens is 252 g/mol. The fourth-order valence-corrected chi connectivity index (χ4v) is 3.80. The lowest BCUT2D eigenvalue weighted by Gasteiger charge is -2.26. The lowest BCUT2D eigenvalue weighted by atomic mass is 9.98.